The number of rotatable bonds is 7. The van der Waals surface area contributed by atoms with Gasteiger partial charge in [-0.1, -0.05) is 92.3 Å². The maximum atomic E-state index is 2.45. The van der Waals surface area contributed by atoms with E-state index in [1.807, 2.05) is 23.5 Å². The minimum Gasteiger partial charge on any atom is -0.0795 e. The summed E-state index contributed by atoms with van der Waals surface area (Å²) in [6.45, 7) is 4.80. The van der Waals surface area contributed by atoms with E-state index in [9.17, 15) is 0 Å². The molecule has 0 bridgehead atoms. The van der Waals surface area contributed by atoms with Crippen molar-refractivity contribution in [3.8, 4) is 0 Å². The Morgan fingerprint density at radius 2 is 0.889 bits per heavy atom. The summed E-state index contributed by atoms with van der Waals surface area (Å²) in [6.07, 6.45) is 5.02. The highest BCUT2D eigenvalue weighted by molar-refractivity contribution is 8.06. The first-order valence-corrected chi connectivity index (χ1v) is 17.2. The normalized spacial score (nSPS) is 16.4. The van der Waals surface area contributed by atoms with E-state index in [1.165, 1.54) is 45.3 Å². The number of benzene rings is 4. The van der Waals surface area contributed by atoms with Crippen molar-refractivity contribution in [2.45, 2.75) is 89.2 Å². The zero-order valence-electron chi connectivity index (χ0n) is 20.9. The van der Waals surface area contributed by atoms with E-state index >= 15 is 0 Å². The Balaban J connectivity index is 1.53. The Hall–Kier alpha value is -1.72. The van der Waals surface area contributed by atoms with Crippen LogP contribution in [0.1, 0.15) is 39.5 Å². The van der Waals surface area contributed by atoms with Gasteiger partial charge in [-0.2, -0.15) is 0 Å². The van der Waals surface area contributed by atoms with Gasteiger partial charge >= 0.3 is 0 Å². The summed E-state index contributed by atoms with van der Waals surface area (Å²) < 4.78 is 0. The third kappa shape index (κ3) is 4.45. The van der Waals surface area contributed by atoms with Crippen LogP contribution in [0.5, 0.6) is 0 Å². The van der Waals surface area contributed by atoms with Crippen LogP contribution in [0.15, 0.2) is 136 Å². The summed E-state index contributed by atoms with van der Waals surface area (Å²) in [5.41, 5.74) is 0. The van der Waals surface area contributed by atoms with E-state index in [4.69, 9.17) is 0 Å². The molecule has 2 aliphatic rings. The fourth-order valence-electron chi connectivity index (χ4n) is 5.43. The molecule has 0 saturated heterocycles. The van der Waals surface area contributed by atoms with Crippen molar-refractivity contribution in [3.63, 3.8) is 0 Å². The lowest BCUT2D eigenvalue weighted by Crippen LogP contribution is -2.41. The molecule has 6 rings (SSSR count). The van der Waals surface area contributed by atoms with Crippen molar-refractivity contribution in [1.29, 1.82) is 0 Å². The molecular formula is C32H32S4+2. The van der Waals surface area contributed by atoms with E-state index in [0.717, 1.165) is 0 Å². The summed E-state index contributed by atoms with van der Waals surface area (Å²) in [7, 11) is 0.118. The van der Waals surface area contributed by atoms with Crippen molar-refractivity contribution in [1.82, 2.24) is 0 Å². The fourth-order valence-corrected chi connectivity index (χ4v) is 14.9. The summed E-state index contributed by atoms with van der Waals surface area (Å²) >= 11 is 3.93. The van der Waals surface area contributed by atoms with Gasteiger partial charge in [-0.15, -0.1) is 0 Å². The molecule has 0 radical (unpaired) electrons. The van der Waals surface area contributed by atoms with Crippen LogP contribution in [0.4, 0.5) is 0 Å². The molecule has 2 heterocycles. The molecule has 0 aliphatic carbocycles. The molecule has 0 unspecified atom stereocenters. The largest absolute Gasteiger partial charge is 0.177 e. The molecule has 4 aromatic carbocycles. The van der Waals surface area contributed by atoms with Crippen molar-refractivity contribution >= 4 is 45.3 Å². The van der Waals surface area contributed by atoms with Gasteiger partial charge in [-0.3, -0.25) is 0 Å². The Labute approximate surface area is 230 Å². The maximum Gasteiger partial charge on any atom is 0.177 e. The fraction of sp³-hybridized carbons (Fsp3) is 0.250. The average Bonchev–Trinajstić information content (AvgIpc) is 2.93. The standard InChI is InChI=1S/C32H32S4/c1-3-5-18-32(36-30-21-12-8-16-25(30)34-26-17-9-13-22-31(26)36)27(4-2)35-28-19-10-6-14-23(28)33-24-15-7-11-20-29(24)35/h6-17,19-22,27,32H,3-5,18H2,1-2H3/q+2/t27-,32+/m0/s1. The van der Waals surface area contributed by atoms with Gasteiger partial charge in [0.25, 0.3) is 0 Å². The number of hydrogen-bond acceptors (Lipinski definition) is 2. The van der Waals surface area contributed by atoms with Gasteiger partial charge in [-0.25, -0.2) is 0 Å². The highest BCUT2D eigenvalue weighted by Crippen LogP contribution is 2.53. The highest BCUT2D eigenvalue weighted by atomic mass is 32.2. The van der Waals surface area contributed by atoms with Crippen LogP contribution in [0.2, 0.25) is 0 Å². The lowest BCUT2D eigenvalue weighted by molar-refractivity contribution is 0.638. The first-order chi connectivity index (χ1) is 17.8. The molecule has 2 aliphatic heterocycles. The van der Waals surface area contributed by atoms with Crippen molar-refractivity contribution < 1.29 is 0 Å². The van der Waals surface area contributed by atoms with E-state index in [-0.39, 0.29) is 21.8 Å². The molecule has 0 amide bonds. The highest BCUT2D eigenvalue weighted by Gasteiger charge is 2.54. The van der Waals surface area contributed by atoms with Crippen LogP contribution in [0.3, 0.4) is 0 Å². The van der Waals surface area contributed by atoms with Crippen LogP contribution in [-0.2, 0) is 21.8 Å². The lowest BCUT2D eigenvalue weighted by atomic mass is 10.1. The van der Waals surface area contributed by atoms with Gasteiger partial charge in [0.2, 0.25) is 0 Å². The van der Waals surface area contributed by atoms with Crippen LogP contribution in [0, 0.1) is 0 Å². The second-order valence-electron chi connectivity index (χ2n) is 9.29. The summed E-state index contributed by atoms with van der Waals surface area (Å²) in [5.74, 6) is 0. The van der Waals surface area contributed by atoms with Crippen molar-refractivity contribution in [2.24, 2.45) is 0 Å². The second kappa shape index (κ2) is 10.9. The van der Waals surface area contributed by atoms with E-state index in [0.29, 0.717) is 10.5 Å². The average molecular weight is 545 g/mol. The van der Waals surface area contributed by atoms with Gasteiger partial charge in [0, 0.05) is 6.42 Å². The summed E-state index contributed by atoms with van der Waals surface area (Å²) in [6, 6.07) is 36.9. The van der Waals surface area contributed by atoms with Crippen molar-refractivity contribution in [3.05, 3.63) is 97.1 Å². The van der Waals surface area contributed by atoms with Gasteiger partial charge in [0.05, 0.1) is 41.4 Å². The molecule has 0 spiro atoms. The number of fused-ring (bicyclic) bond motifs is 4. The Kier molecular flexibility index (Phi) is 7.48. The zero-order valence-corrected chi connectivity index (χ0v) is 24.1. The molecule has 0 aromatic heterocycles. The third-order valence-electron chi connectivity index (χ3n) is 7.05. The Morgan fingerprint density at radius 3 is 1.25 bits per heavy atom. The first kappa shape index (κ1) is 24.6. The first-order valence-electron chi connectivity index (χ1n) is 13.0. The Morgan fingerprint density at radius 1 is 0.528 bits per heavy atom. The topological polar surface area (TPSA) is 0 Å². The Bertz CT molecular complexity index is 1270. The predicted octanol–water partition coefficient (Wildman–Crippen LogP) is 9.73. The quantitative estimate of drug-likeness (QED) is 0.212. The van der Waals surface area contributed by atoms with Gasteiger partial charge in [0.15, 0.2) is 30.1 Å². The van der Waals surface area contributed by atoms with Gasteiger partial charge in [-0.05, 0) is 61.4 Å². The van der Waals surface area contributed by atoms with Gasteiger partial charge in [0.1, 0.15) is 0 Å². The van der Waals surface area contributed by atoms with E-state index < -0.39 is 0 Å². The molecule has 0 nitrogen and oxygen atoms in total. The maximum absolute atomic E-state index is 2.45. The molecule has 4 heteroatoms. The summed E-state index contributed by atoms with van der Waals surface area (Å²) in [4.78, 5) is 12.1. The SMILES string of the molecule is CCCC[C@H]([C@H](CC)[S+]1c2ccccc2Sc2ccccc21)[S+]1c2ccccc2Sc2ccccc21. The number of hydrogen-bond donors (Lipinski definition) is 0. The van der Waals surface area contributed by atoms with Crippen LogP contribution < -0.4 is 0 Å². The molecule has 36 heavy (non-hydrogen) atoms. The monoisotopic (exact) mass is 544 g/mol. The predicted molar refractivity (Wildman–Crippen MR) is 159 cm³/mol. The van der Waals surface area contributed by atoms with E-state index in [2.05, 4.69) is 111 Å². The van der Waals surface area contributed by atoms with Gasteiger partial charge < -0.3 is 0 Å². The molecular weight excluding hydrogens is 513 g/mol. The van der Waals surface area contributed by atoms with Crippen LogP contribution in [0.25, 0.3) is 0 Å². The second-order valence-corrected chi connectivity index (χ2v) is 15.8. The van der Waals surface area contributed by atoms with E-state index in [1.54, 1.807) is 19.6 Å². The van der Waals surface area contributed by atoms with Crippen LogP contribution >= 0.6 is 23.5 Å². The third-order valence-corrected chi connectivity index (χ3v) is 15.8. The van der Waals surface area contributed by atoms with Crippen LogP contribution in [-0.4, -0.2) is 10.5 Å². The molecule has 2 atom stereocenters. The minimum atomic E-state index is 0.0581. The smallest absolute Gasteiger partial charge is 0.0795 e. The molecule has 0 fully saturated rings. The lowest BCUT2D eigenvalue weighted by Gasteiger charge is -2.31. The molecule has 4 aromatic rings. The number of unbranched alkanes of at least 4 members (excludes halogenated alkanes) is 1. The summed E-state index contributed by atoms with van der Waals surface area (Å²) in [5, 5.41) is 1.22. The molecule has 0 saturated carbocycles. The zero-order chi connectivity index (χ0) is 24.5. The minimum absolute atomic E-state index is 0.0581. The molecule has 0 N–H and O–H groups in total. The van der Waals surface area contributed by atoms with Crippen molar-refractivity contribution in [2.75, 3.05) is 0 Å². The molecule has 182 valence electrons.